The Balaban J connectivity index is 2.90. The Labute approximate surface area is 111 Å². The summed E-state index contributed by atoms with van der Waals surface area (Å²) in [4.78, 5) is 23.0. The van der Waals surface area contributed by atoms with Gasteiger partial charge in [0.1, 0.15) is 5.75 Å². The lowest BCUT2D eigenvalue weighted by atomic mass is 10.2. The first-order valence-electron chi connectivity index (χ1n) is 5.97. The maximum absolute atomic E-state index is 11.6. The van der Waals surface area contributed by atoms with Crippen molar-refractivity contribution in [3.8, 4) is 5.75 Å². The van der Waals surface area contributed by atoms with Gasteiger partial charge in [-0.25, -0.2) is 4.79 Å². The van der Waals surface area contributed by atoms with Crippen LogP contribution >= 0.6 is 0 Å². The van der Waals surface area contributed by atoms with Crippen LogP contribution in [0.5, 0.6) is 5.75 Å². The van der Waals surface area contributed by atoms with Gasteiger partial charge in [-0.05, 0) is 25.1 Å². The van der Waals surface area contributed by atoms with Crippen LogP contribution in [0.3, 0.4) is 0 Å². The number of benzene rings is 1. The number of carbonyl (C=O) groups is 2. The van der Waals surface area contributed by atoms with E-state index < -0.39 is 5.97 Å². The Morgan fingerprint density at radius 1 is 1.37 bits per heavy atom. The quantitative estimate of drug-likeness (QED) is 0.754. The van der Waals surface area contributed by atoms with Gasteiger partial charge in [-0.15, -0.1) is 0 Å². The van der Waals surface area contributed by atoms with Crippen LogP contribution in [0.1, 0.15) is 23.7 Å². The molecule has 0 heterocycles. The number of anilines is 1. The van der Waals surface area contributed by atoms with E-state index in [-0.39, 0.29) is 18.9 Å². The van der Waals surface area contributed by atoms with Crippen LogP contribution in [-0.4, -0.2) is 32.1 Å². The molecule has 0 aliphatic carbocycles. The third-order valence-electron chi connectivity index (χ3n) is 2.36. The van der Waals surface area contributed by atoms with E-state index in [4.69, 9.17) is 15.2 Å². The SMILES string of the molecule is CCOC(=O)c1ccc(NC(=O)CCN)c(OC)c1. The van der Waals surface area contributed by atoms with E-state index >= 15 is 0 Å². The fourth-order valence-corrected chi connectivity index (χ4v) is 1.48. The molecule has 0 bridgehead atoms. The highest BCUT2D eigenvalue weighted by Crippen LogP contribution is 2.26. The van der Waals surface area contributed by atoms with E-state index in [9.17, 15) is 9.59 Å². The highest BCUT2D eigenvalue weighted by molar-refractivity contribution is 5.95. The molecule has 6 heteroatoms. The zero-order valence-electron chi connectivity index (χ0n) is 11.1. The Morgan fingerprint density at radius 3 is 2.68 bits per heavy atom. The number of rotatable bonds is 6. The number of methoxy groups -OCH3 is 1. The molecule has 0 radical (unpaired) electrons. The Hall–Kier alpha value is -2.08. The first-order valence-corrected chi connectivity index (χ1v) is 5.97. The van der Waals surface area contributed by atoms with Crippen molar-refractivity contribution < 1.29 is 19.1 Å². The van der Waals surface area contributed by atoms with Gasteiger partial charge in [-0.1, -0.05) is 0 Å². The van der Waals surface area contributed by atoms with E-state index in [0.29, 0.717) is 23.6 Å². The second kappa shape index (κ2) is 7.38. The first-order chi connectivity index (χ1) is 9.12. The lowest BCUT2D eigenvalue weighted by Crippen LogP contribution is -2.16. The number of nitrogens with two attached hydrogens (primary N) is 1. The molecule has 19 heavy (non-hydrogen) atoms. The van der Waals surface area contributed by atoms with Gasteiger partial charge in [-0.3, -0.25) is 4.79 Å². The number of hydrogen-bond acceptors (Lipinski definition) is 5. The third kappa shape index (κ3) is 4.26. The largest absolute Gasteiger partial charge is 0.495 e. The van der Waals surface area contributed by atoms with Crippen LogP contribution in [-0.2, 0) is 9.53 Å². The van der Waals surface area contributed by atoms with Crippen molar-refractivity contribution in [3.05, 3.63) is 23.8 Å². The van der Waals surface area contributed by atoms with Gasteiger partial charge in [0.25, 0.3) is 0 Å². The van der Waals surface area contributed by atoms with Crippen LogP contribution < -0.4 is 15.8 Å². The molecule has 3 N–H and O–H groups in total. The normalized spacial score (nSPS) is 9.84. The smallest absolute Gasteiger partial charge is 0.338 e. The van der Waals surface area contributed by atoms with Gasteiger partial charge in [-0.2, -0.15) is 0 Å². The average Bonchev–Trinajstić information content (AvgIpc) is 2.39. The summed E-state index contributed by atoms with van der Waals surface area (Å²) in [7, 11) is 1.46. The molecule has 0 atom stereocenters. The summed E-state index contributed by atoms with van der Waals surface area (Å²) < 4.78 is 10.0. The van der Waals surface area contributed by atoms with Gasteiger partial charge in [0.2, 0.25) is 5.91 Å². The van der Waals surface area contributed by atoms with Crippen LogP contribution in [0.15, 0.2) is 18.2 Å². The summed E-state index contributed by atoms with van der Waals surface area (Å²) in [6.07, 6.45) is 0.225. The number of ether oxygens (including phenoxy) is 2. The standard InChI is InChI=1S/C13H18N2O4/c1-3-19-13(17)9-4-5-10(11(8-9)18-2)15-12(16)6-7-14/h4-5,8H,3,6-7,14H2,1-2H3,(H,15,16). The Morgan fingerprint density at radius 2 is 2.11 bits per heavy atom. The molecule has 0 aliphatic heterocycles. The first kappa shape index (κ1) is 15.0. The summed E-state index contributed by atoms with van der Waals surface area (Å²) in [6.45, 7) is 2.31. The Bertz CT molecular complexity index is 460. The van der Waals surface area contributed by atoms with Crippen molar-refractivity contribution in [3.63, 3.8) is 0 Å². The molecular weight excluding hydrogens is 248 g/mol. The zero-order valence-corrected chi connectivity index (χ0v) is 11.1. The Kier molecular flexibility index (Phi) is 5.81. The number of amides is 1. The van der Waals surface area contributed by atoms with Crippen LogP contribution in [0.4, 0.5) is 5.69 Å². The maximum Gasteiger partial charge on any atom is 0.338 e. The number of esters is 1. The van der Waals surface area contributed by atoms with Crippen LogP contribution in [0, 0.1) is 0 Å². The van der Waals surface area contributed by atoms with E-state index in [1.807, 2.05) is 0 Å². The van der Waals surface area contributed by atoms with Crippen LogP contribution in [0.25, 0.3) is 0 Å². The molecule has 0 fully saturated rings. The molecule has 0 aliphatic rings. The second-order valence-corrected chi connectivity index (χ2v) is 3.72. The molecule has 0 unspecified atom stereocenters. The lowest BCUT2D eigenvalue weighted by Gasteiger charge is -2.11. The number of nitrogens with one attached hydrogen (secondary N) is 1. The summed E-state index contributed by atoms with van der Waals surface area (Å²) in [5.74, 6) is -0.235. The van der Waals surface area contributed by atoms with Gasteiger partial charge >= 0.3 is 5.97 Å². The molecular formula is C13H18N2O4. The van der Waals surface area contributed by atoms with E-state index in [1.54, 1.807) is 19.1 Å². The minimum atomic E-state index is -0.430. The second-order valence-electron chi connectivity index (χ2n) is 3.72. The number of hydrogen-bond donors (Lipinski definition) is 2. The van der Waals surface area contributed by atoms with Crippen LogP contribution in [0.2, 0.25) is 0 Å². The molecule has 0 aromatic heterocycles. The molecule has 1 aromatic carbocycles. The predicted octanol–water partition coefficient (Wildman–Crippen LogP) is 1.16. The van der Waals surface area contributed by atoms with Gasteiger partial charge < -0.3 is 20.5 Å². The molecule has 1 rings (SSSR count). The monoisotopic (exact) mass is 266 g/mol. The summed E-state index contributed by atoms with van der Waals surface area (Å²) >= 11 is 0. The van der Waals surface area contributed by atoms with E-state index in [0.717, 1.165) is 0 Å². The summed E-state index contributed by atoms with van der Waals surface area (Å²) in [5, 5.41) is 2.66. The van der Waals surface area contributed by atoms with Gasteiger partial charge in [0, 0.05) is 13.0 Å². The van der Waals surface area contributed by atoms with Gasteiger partial charge in [0.05, 0.1) is 25.0 Å². The molecule has 1 aromatic rings. The number of carbonyl (C=O) groups excluding carboxylic acids is 2. The van der Waals surface area contributed by atoms with Crippen molar-refractivity contribution in [1.82, 2.24) is 0 Å². The highest BCUT2D eigenvalue weighted by Gasteiger charge is 2.12. The molecule has 0 saturated heterocycles. The van der Waals surface area contributed by atoms with Crippen molar-refractivity contribution in [2.75, 3.05) is 25.6 Å². The maximum atomic E-state index is 11.6. The zero-order chi connectivity index (χ0) is 14.3. The summed E-state index contributed by atoms with van der Waals surface area (Å²) in [6, 6.07) is 4.69. The molecule has 1 amide bonds. The van der Waals surface area contributed by atoms with E-state index in [1.165, 1.54) is 13.2 Å². The lowest BCUT2D eigenvalue weighted by molar-refractivity contribution is -0.116. The topological polar surface area (TPSA) is 90.7 Å². The van der Waals surface area contributed by atoms with E-state index in [2.05, 4.69) is 5.32 Å². The van der Waals surface area contributed by atoms with Crippen molar-refractivity contribution in [2.24, 2.45) is 5.73 Å². The molecule has 0 saturated carbocycles. The molecule has 6 nitrogen and oxygen atoms in total. The van der Waals surface area contributed by atoms with Crippen molar-refractivity contribution >= 4 is 17.6 Å². The predicted molar refractivity (Wildman–Crippen MR) is 71.3 cm³/mol. The highest BCUT2D eigenvalue weighted by atomic mass is 16.5. The average molecular weight is 266 g/mol. The third-order valence-corrected chi connectivity index (χ3v) is 2.36. The fraction of sp³-hybridized carbons (Fsp3) is 0.385. The van der Waals surface area contributed by atoms with Crippen molar-refractivity contribution in [1.29, 1.82) is 0 Å². The van der Waals surface area contributed by atoms with Crippen molar-refractivity contribution in [2.45, 2.75) is 13.3 Å². The van der Waals surface area contributed by atoms with Gasteiger partial charge in [0.15, 0.2) is 0 Å². The fourth-order valence-electron chi connectivity index (χ4n) is 1.48. The minimum Gasteiger partial charge on any atom is -0.495 e. The summed E-state index contributed by atoms with van der Waals surface area (Å²) in [5.41, 5.74) is 6.16. The minimum absolute atomic E-state index is 0.204. The molecule has 0 spiro atoms. The molecule has 104 valence electrons.